The molecule has 0 aliphatic carbocycles. The molecule has 174 valence electrons. The van der Waals surface area contributed by atoms with Crippen LogP contribution in [-0.4, -0.2) is 28.3 Å². The van der Waals surface area contributed by atoms with E-state index in [-0.39, 0.29) is 17.9 Å². The van der Waals surface area contributed by atoms with E-state index in [1.807, 2.05) is 61.5 Å². The molecule has 6 N–H and O–H groups in total. The van der Waals surface area contributed by atoms with Gasteiger partial charge in [-0.25, -0.2) is 9.79 Å². The van der Waals surface area contributed by atoms with Gasteiger partial charge in [0.15, 0.2) is 5.96 Å². The number of aliphatic imine (C=N–C) groups is 1. The number of urea groups is 1. The van der Waals surface area contributed by atoms with E-state index in [1.54, 1.807) is 24.3 Å². The van der Waals surface area contributed by atoms with Gasteiger partial charge in [0.1, 0.15) is 5.54 Å². The van der Waals surface area contributed by atoms with Crippen LogP contribution >= 0.6 is 0 Å². The molecule has 4 rings (SSSR count). The van der Waals surface area contributed by atoms with Crippen molar-refractivity contribution in [3.05, 3.63) is 95.6 Å². The second-order valence-corrected chi connectivity index (χ2v) is 8.55. The zero-order valence-corrected chi connectivity index (χ0v) is 19.0. The summed E-state index contributed by atoms with van der Waals surface area (Å²) in [5.41, 5.74) is 15.0. The van der Waals surface area contributed by atoms with Crippen LogP contribution in [0.2, 0.25) is 0 Å². The molecule has 3 aromatic rings. The number of nitrogens with zero attached hydrogens (tertiary/aromatic N) is 2. The molecule has 3 aromatic carbocycles. The van der Waals surface area contributed by atoms with Gasteiger partial charge in [0.25, 0.3) is 5.91 Å². The molecule has 0 spiro atoms. The van der Waals surface area contributed by atoms with Gasteiger partial charge < -0.3 is 22.1 Å². The van der Waals surface area contributed by atoms with Gasteiger partial charge in [-0.3, -0.25) is 9.69 Å². The molecule has 0 aromatic heterocycles. The first-order valence-electron chi connectivity index (χ1n) is 11.0. The van der Waals surface area contributed by atoms with Gasteiger partial charge in [-0.2, -0.15) is 0 Å². The van der Waals surface area contributed by atoms with Gasteiger partial charge >= 0.3 is 6.03 Å². The number of carbonyl (C=O) groups excluding carboxylic acids is 2. The van der Waals surface area contributed by atoms with Crippen molar-refractivity contribution < 1.29 is 9.59 Å². The summed E-state index contributed by atoms with van der Waals surface area (Å²) in [6, 6.07) is 24.1. The van der Waals surface area contributed by atoms with Gasteiger partial charge in [0, 0.05) is 24.3 Å². The highest BCUT2D eigenvalue weighted by atomic mass is 16.2. The molecular formula is C26H28N6O2. The number of carbonyl (C=O) groups is 2. The second-order valence-electron chi connectivity index (χ2n) is 8.55. The molecule has 1 atom stereocenters. The van der Waals surface area contributed by atoms with E-state index in [1.165, 1.54) is 4.90 Å². The van der Waals surface area contributed by atoms with E-state index in [9.17, 15) is 9.59 Å². The van der Waals surface area contributed by atoms with Gasteiger partial charge in [0.2, 0.25) is 0 Å². The molecule has 1 aliphatic rings. The largest absolute Gasteiger partial charge is 0.399 e. The number of hydrogen-bond donors (Lipinski definition) is 4. The quantitative estimate of drug-likeness (QED) is 0.407. The van der Waals surface area contributed by atoms with Crippen LogP contribution in [0.15, 0.2) is 83.9 Å². The van der Waals surface area contributed by atoms with Crippen molar-refractivity contribution in [3.63, 3.8) is 0 Å². The number of nitrogens with two attached hydrogens (primary N) is 2. The minimum absolute atomic E-state index is 0.113. The molecule has 0 fully saturated rings. The maximum Gasteiger partial charge on any atom is 0.319 e. The molecule has 0 saturated heterocycles. The number of nitrogen functional groups attached to an aromatic ring is 1. The first-order chi connectivity index (χ1) is 16.3. The average molecular weight is 457 g/mol. The Kier molecular flexibility index (Phi) is 6.49. The highest BCUT2D eigenvalue weighted by Crippen LogP contribution is 2.27. The fraction of sp³-hybridized carbons (Fsp3) is 0.192. The Morgan fingerprint density at radius 3 is 2.35 bits per heavy atom. The standard InChI is InChI=1S/C26H28N6O2/c1-26(15-18-6-3-2-4-7-18)23(33)32(24(28)31-26)17-20-12-10-19(11-13-20)16-29-25(34)30-22-9-5-8-21(27)14-22/h2-14H,15-17,27H2,1H3,(H2,28,31)(H2,29,30,34). The third-order valence-corrected chi connectivity index (χ3v) is 5.70. The molecule has 1 aliphatic heterocycles. The predicted molar refractivity (Wildman–Crippen MR) is 134 cm³/mol. The second kappa shape index (κ2) is 9.66. The van der Waals surface area contributed by atoms with Crippen LogP contribution in [-0.2, 0) is 24.3 Å². The molecule has 0 saturated carbocycles. The number of anilines is 2. The number of guanidine groups is 1. The van der Waals surface area contributed by atoms with E-state index in [0.717, 1.165) is 16.7 Å². The first kappa shape index (κ1) is 22.8. The molecule has 0 bridgehead atoms. The highest BCUT2D eigenvalue weighted by Gasteiger charge is 2.43. The third-order valence-electron chi connectivity index (χ3n) is 5.70. The minimum atomic E-state index is -0.911. The lowest BCUT2D eigenvalue weighted by Crippen LogP contribution is -2.43. The molecule has 34 heavy (non-hydrogen) atoms. The number of hydrogen-bond acceptors (Lipinski definition) is 5. The Bertz CT molecular complexity index is 1210. The lowest BCUT2D eigenvalue weighted by Gasteiger charge is -2.22. The van der Waals surface area contributed by atoms with Crippen molar-refractivity contribution in [1.82, 2.24) is 10.2 Å². The van der Waals surface area contributed by atoms with Crippen LogP contribution in [0.1, 0.15) is 23.6 Å². The zero-order chi connectivity index (χ0) is 24.1. The van der Waals surface area contributed by atoms with Gasteiger partial charge in [0.05, 0.1) is 6.54 Å². The lowest BCUT2D eigenvalue weighted by molar-refractivity contribution is -0.131. The Balaban J connectivity index is 1.32. The fourth-order valence-corrected chi connectivity index (χ4v) is 3.94. The smallest absolute Gasteiger partial charge is 0.319 e. The maximum atomic E-state index is 13.1. The maximum absolute atomic E-state index is 13.1. The van der Waals surface area contributed by atoms with Gasteiger partial charge in [-0.1, -0.05) is 60.7 Å². The summed E-state index contributed by atoms with van der Waals surface area (Å²) < 4.78 is 0. The van der Waals surface area contributed by atoms with E-state index in [2.05, 4.69) is 15.6 Å². The van der Waals surface area contributed by atoms with Gasteiger partial charge in [-0.05, 0) is 41.8 Å². The van der Waals surface area contributed by atoms with Crippen LogP contribution in [0.5, 0.6) is 0 Å². The molecule has 3 amide bonds. The Morgan fingerprint density at radius 1 is 0.941 bits per heavy atom. The summed E-state index contributed by atoms with van der Waals surface area (Å²) in [5, 5.41) is 5.56. The normalized spacial score (nSPS) is 17.4. The molecule has 1 unspecified atom stereocenters. The van der Waals surface area contributed by atoms with E-state index in [0.29, 0.717) is 30.9 Å². The van der Waals surface area contributed by atoms with Crippen LogP contribution in [0.25, 0.3) is 0 Å². The minimum Gasteiger partial charge on any atom is -0.399 e. The Labute approximate surface area is 198 Å². The van der Waals surface area contributed by atoms with Crippen LogP contribution < -0.4 is 22.1 Å². The summed E-state index contributed by atoms with van der Waals surface area (Å²) in [5.74, 6) is 0.116. The number of rotatable bonds is 7. The monoisotopic (exact) mass is 456 g/mol. The third kappa shape index (κ3) is 5.35. The van der Waals surface area contributed by atoms with Crippen molar-refractivity contribution in [2.45, 2.75) is 32.0 Å². The molecule has 8 heteroatoms. The Morgan fingerprint density at radius 2 is 1.65 bits per heavy atom. The van der Waals surface area contributed by atoms with Crippen molar-refractivity contribution in [2.24, 2.45) is 10.7 Å². The fourth-order valence-electron chi connectivity index (χ4n) is 3.94. The summed E-state index contributed by atoms with van der Waals surface area (Å²) in [6.45, 7) is 2.51. The summed E-state index contributed by atoms with van der Waals surface area (Å²) in [7, 11) is 0. The van der Waals surface area contributed by atoms with E-state index >= 15 is 0 Å². The molecule has 8 nitrogen and oxygen atoms in total. The van der Waals surface area contributed by atoms with Crippen LogP contribution in [0, 0.1) is 0 Å². The van der Waals surface area contributed by atoms with Gasteiger partial charge in [-0.15, -0.1) is 0 Å². The van der Waals surface area contributed by atoms with Crippen molar-refractivity contribution >= 4 is 29.3 Å². The summed E-state index contributed by atoms with van der Waals surface area (Å²) in [4.78, 5) is 31.3. The first-order valence-corrected chi connectivity index (χ1v) is 11.0. The topological polar surface area (TPSA) is 126 Å². The van der Waals surface area contributed by atoms with Crippen LogP contribution in [0.4, 0.5) is 16.2 Å². The predicted octanol–water partition coefficient (Wildman–Crippen LogP) is 3.25. The van der Waals surface area contributed by atoms with Crippen LogP contribution in [0.3, 0.4) is 0 Å². The molecular weight excluding hydrogens is 428 g/mol. The van der Waals surface area contributed by atoms with Crippen molar-refractivity contribution in [2.75, 3.05) is 11.1 Å². The van der Waals surface area contributed by atoms with Crippen molar-refractivity contribution in [3.8, 4) is 0 Å². The van der Waals surface area contributed by atoms with E-state index < -0.39 is 5.54 Å². The Hall–Kier alpha value is -4.33. The zero-order valence-electron chi connectivity index (χ0n) is 19.0. The molecule has 0 radical (unpaired) electrons. The molecule has 1 heterocycles. The number of nitrogens with one attached hydrogen (secondary N) is 2. The SMILES string of the molecule is CC1(Cc2ccccc2)N=C(N)N(Cc2ccc(CNC(=O)Nc3cccc(N)c3)cc2)C1=O. The lowest BCUT2D eigenvalue weighted by atomic mass is 9.93. The number of benzene rings is 3. The highest BCUT2D eigenvalue weighted by molar-refractivity contribution is 6.06. The number of amides is 3. The summed E-state index contributed by atoms with van der Waals surface area (Å²) >= 11 is 0. The van der Waals surface area contributed by atoms with E-state index in [4.69, 9.17) is 11.5 Å². The average Bonchev–Trinajstić information content (AvgIpc) is 3.02. The summed E-state index contributed by atoms with van der Waals surface area (Å²) in [6.07, 6.45) is 0.492. The van der Waals surface area contributed by atoms with Crippen molar-refractivity contribution in [1.29, 1.82) is 0 Å².